The largest absolute Gasteiger partial charge is 0.494 e. The zero-order chi connectivity index (χ0) is 13.4. The summed E-state index contributed by atoms with van der Waals surface area (Å²) < 4.78 is 22.9. The summed E-state index contributed by atoms with van der Waals surface area (Å²) in [6.07, 6.45) is 0.927. The third-order valence-corrected chi connectivity index (χ3v) is 3.39. The maximum atomic E-state index is 11.5. The van der Waals surface area contributed by atoms with Crippen LogP contribution in [0.2, 0.25) is 0 Å². The van der Waals surface area contributed by atoms with E-state index in [4.69, 9.17) is 5.73 Å². The molecule has 0 radical (unpaired) electrons. The fourth-order valence-electron chi connectivity index (χ4n) is 1.62. The van der Waals surface area contributed by atoms with Crippen LogP contribution in [0.4, 0.5) is 0 Å². The van der Waals surface area contributed by atoms with E-state index < -0.39 is 32.1 Å². The van der Waals surface area contributed by atoms with Gasteiger partial charge in [-0.25, -0.2) is 8.42 Å². The fraction of sp³-hybridized carbons (Fsp3) is 0.333. The number of aromatic amines is 1. The van der Waals surface area contributed by atoms with Crippen molar-refractivity contribution in [1.29, 1.82) is 0 Å². The van der Waals surface area contributed by atoms with Crippen molar-refractivity contribution in [2.75, 3.05) is 6.26 Å². The highest BCUT2D eigenvalue weighted by molar-refractivity contribution is 7.90. The molecule has 0 atom stereocenters. The van der Waals surface area contributed by atoms with Gasteiger partial charge in [-0.3, -0.25) is 14.6 Å². The number of carbonyl (C=O) groups is 1. The molecule has 1 aromatic heterocycles. The molecule has 8 heteroatoms. The first-order chi connectivity index (χ1) is 7.70. The van der Waals surface area contributed by atoms with Crippen LogP contribution in [0, 0.1) is 0 Å². The predicted molar refractivity (Wildman–Crippen MR) is 59.7 cm³/mol. The lowest BCUT2D eigenvalue weighted by Crippen LogP contribution is -2.25. The molecule has 0 bridgehead atoms. The molecule has 0 unspecified atom stereocenters. The van der Waals surface area contributed by atoms with Crippen LogP contribution in [-0.4, -0.2) is 30.7 Å². The molecular weight excluding hydrogens is 248 g/mol. The zero-order valence-corrected chi connectivity index (χ0v) is 10.1. The number of hydrogen-bond donors (Lipinski definition) is 3. The Morgan fingerprint density at radius 3 is 2.35 bits per heavy atom. The van der Waals surface area contributed by atoms with Crippen LogP contribution < -0.4 is 11.3 Å². The molecule has 0 aliphatic heterocycles. The molecule has 7 nitrogen and oxygen atoms in total. The molecule has 0 aliphatic carbocycles. The highest BCUT2D eigenvalue weighted by Crippen LogP contribution is 2.22. The monoisotopic (exact) mass is 260 g/mol. The van der Waals surface area contributed by atoms with E-state index in [0.29, 0.717) is 0 Å². The van der Waals surface area contributed by atoms with E-state index in [1.807, 2.05) is 4.98 Å². The maximum absolute atomic E-state index is 11.5. The van der Waals surface area contributed by atoms with Crippen molar-refractivity contribution < 1.29 is 18.3 Å². The number of sulfone groups is 1. The molecule has 4 N–H and O–H groups in total. The Balaban J connectivity index is 3.92. The van der Waals surface area contributed by atoms with Gasteiger partial charge in [0, 0.05) is 6.26 Å². The molecule has 1 heterocycles. The van der Waals surface area contributed by atoms with Crippen molar-refractivity contribution in [3.63, 3.8) is 0 Å². The minimum atomic E-state index is -3.81. The number of nitrogens with one attached hydrogen (secondary N) is 1. The Labute approximate surface area is 97.2 Å². The minimum absolute atomic E-state index is 0.0683. The van der Waals surface area contributed by atoms with Crippen molar-refractivity contribution in [3.8, 4) is 5.88 Å². The van der Waals surface area contributed by atoms with Crippen LogP contribution in [0.25, 0.3) is 0 Å². The van der Waals surface area contributed by atoms with Crippen molar-refractivity contribution >= 4 is 15.7 Å². The van der Waals surface area contributed by atoms with Gasteiger partial charge in [-0.1, -0.05) is 6.92 Å². The second-order valence-electron chi connectivity index (χ2n) is 3.48. The summed E-state index contributed by atoms with van der Waals surface area (Å²) in [7, 11) is -3.81. The number of hydrogen-bond acceptors (Lipinski definition) is 5. The SMILES string of the molecule is CCc1c(C(N)=O)c(O)[nH]c(=O)c1S(C)(=O)=O. The summed E-state index contributed by atoms with van der Waals surface area (Å²) in [5, 5.41) is 9.41. The smallest absolute Gasteiger partial charge is 0.269 e. The summed E-state index contributed by atoms with van der Waals surface area (Å²) >= 11 is 0. The molecule has 0 fully saturated rings. The predicted octanol–water partition coefficient (Wildman–Crippen LogP) is -0.855. The Morgan fingerprint density at radius 2 is 2.00 bits per heavy atom. The number of rotatable bonds is 3. The first kappa shape index (κ1) is 13.2. The summed E-state index contributed by atoms with van der Waals surface area (Å²) in [5.41, 5.74) is 3.64. The van der Waals surface area contributed by atoms with Crippen LogP contribution in [0.1, 0.15) is 22.8 Å². The van der Waals surface area contributed by atoms with Crippen LogP contribution in [-0.2, 0) is 16.3 Å². The molecular formula is C9H12N2O5S. The molecule has 1 aromatic rings. The van der Waals surface area contributed by atoms with E-state index >= 15 is 0 Å². The number of H-pyrrole nitrogens is 1. The van der Waals surface area contributed by atoms with Gasteiger partial charge in [0.05, 0.1) is 0 Å². The third-order valence-electron chi connectivity index (χ3n) is 2.22. The van der Waals surface area contributed by atoms with E-state index in [9.17, 15) is 23.1 Å². The average Bonchev–Trinajstić information content (AvgIpc) is 2.12. The molecule has 1 amide bonds. The number of primary amides is 1. The normalized spacial score (nSPS) is 11.4. The second-order valence-corrected chi connectivity index (χ2v) is 5.43. The summed E-state index contributed by atoms with van der Waals surface area (Å²) in [5.74, 6) is -1.72. The standard InChI is InChI=1S/C9H12N2O5S/c1-3-4-5(7(10)12)8(13)11-9(14)6(4)17(2,15)16/h3H2,1-2H3,(H2,10,12)(H2,11,13,14). The van der Waals surface area contributed by atoms with Gasteiger partial charge in [-0.2, -0.15) is 0 Å². The molecule has 0 saturated carbocycles. The highest BCUT2D eigenvalue weighted by atomic mass is 32.2. The highest BCUT2D eigenvalue weighted by Gasteiger charge is 2.25. The van der Waals surface area contributed by atoms with E-state index in [0.717, 1.165) is 6.26 Å². The zero-order valence-electron chi connectivity index (χ0n) is 9.27. The van der Waals surface area contributed by atoms with Crippen LogP contribution >= 0.6 is 0 Å². The number of nitrogens with two attached hydrogens (primary N) is 1. The Kier molecular flexibility index (Phi) is 3.28. The molecule has 1 rings (SSSR count). The van der Waals surface area contributed by atoms with Gasteiger partial charge >= 0.3 is 0 Å². The number of pyridine rings is 1. The van der Waals surface area contributed by atoms with Gasteiger partial charge in [-0.15, -0.1) is 0 Å². The second kappa shape index (κ2) is 4.21. The lowest BCUT2D eigenvalue weighted by Gasteiger charge is -2.10. The van der Waals surface area contributed by atoms with Crippen LogP contribution in [0.3, 0.4) is 0 Å². The molecule has 94 valence electrons. The minimum Gasteiger partial charge on any atom is -0.494 e. The lowest BCUT2D eigenvalue weighted by atomic mass is 10.1. The van der Waals surface area contributed by atoms with Gasteiger partial charge in [0.2, 0.25) is 5.88 Å². The fourth-order valence-corrected chi connectivity index (χ4v) is 2.70. The summed E-state index contributed by atoms with van der Waals surface area (Å²) in [6, 6.07) is 0. The van der Waals surface area contributed by atoms with Gasteiger partial charge in [0.15, 0.2) is 9.84 Å². The van der Waals surface area contributed by atoms with Crippen molar-refractivity contribution in [2.24, 2.45) is 5.73 Å². The molecule has 0 spiro atoms. The van der Waals surface area contributed by atoms with Crippen molar-refractivity contribution in [3.05, 3.63) is 21.5 Å². The average molecular weight is 260 g/mol. The molecule has 17 heavy (non-hydrogen) atoms. The molecule has 0 saturated heterocycles. The van der Waals surface area contributed by atoms with E-state index in [-0.39, 0.29) is 17.5 Å². The summed E-state index contributed by atoms with van der Waals surface area (Å²) in [4.78, 5) is 24.0. The quantitative estimate of drug-likeness (QED) is 0.651. The Bertz CT molecular complexity index is 630. The van der Waals surface area contributed by atoms with E-state index in [2.05, 4.69) is 0 Å². The number of aromatic hydroxyl groups is 1. The Hall–Kier alpha value is -1.83. The van der Waals surface area contributed by atoms with Gasteiger partial charge < -0.3 is 10.8 Å². The maximum Gasteiger partial charge on any atom is 0.269 e. The number of carbonyl (C=O) groups excluding carboxylic acids is 1. The lowest BCUT2D eigenvalue weighted by molar-refractivity contribution is 0.0995. The first-order valence-electron chi connectivity index (χ1n) is 4.68. The topological polar surface area (TPSA) is 130 Å². The van der Waals surface area contributed by atoms with Gasteiger partial charge in [0.25, 0.3) is 11.5 Å². The Morgan fingerprint density at radius 1 is 1.47 bits per heavy atom. The van der Waals surface area contributed by atoms with E-state index in [1.165, 1.54) is 0 Å². The van der Waals surface area contributed by atoms with Crippen LogP contribution in [0.5, 0.6) is 5.88 Å². The first-order valence-corrected chi connectivity index (χ1v) is 6.57. The van der Waals surface area contributed by atoms with Crippen molar-refractivity contribution in [1.82, 2.24) is 4.98 Å². The number of amides is 1. The third kappa shape index (κ3) is 2.31. The summed E-state index contributed by atoms with van der Waals surface area (Å²) in [6.45, 7) is 1.55. The van der Waals surface area contributed by atoms with E-state index in [1.54, 1.807) is 6.92 Å². The molecule has 0 aromatic carbocycles. The molecule has 0 aliphatic rings. The van der Waals surface area contributed by atoms with Gasteiger partial charge in [-0.05, 0) is 12.0 Å². The number of aromatic nitrogens is 1. The van der Waals surface area contributed by atoms with Gasteiger partial charge in [0.1, 0.15) is 10.5 Å². The van der Waals surface area contributed by atoms with Crippen molar-refractivity contribution in [2.45, 2.75) is 18.2 Å². The van der Waals surface area contributed by atoms with Crippen LogP contribution in [0.15, 0.2) is 9.69 Å².